The SMILES string of the molecule is CC#CC(c1cncc(F)c1)N(C(=O)O)c1cn[nH]c1. The molecule has 0 aliphatic heterocycles. The molecule has 6 nitrogen and oxygen atoms in total. The maximum Gasteiger partial charge on any atom is 0.413 e. The Labute approximate surface area is 114 Å². The molecular weight excluding hydrogens is 263 g/mol. The standard InChI is InChI=1S/C13H11FN4O2/c1-2-3-12(9-4-10(14)6-15-5-9)18(13(19)20)11-7-16-17-8-11/h4-8,12H,1H3,(H,16,17)(H,19,20). The third-order valence-electron chi connectivity index (χ3n) is 2.55. The first kappa shape index (κ1) is 13.5. The summed E-state index contributed by atoms with van der Waals surface area (Å²) in [5, 5.41) is 15.6. The van der Waals surface area contributed by atoms with E-state index in [-0.39, 0.29) is 0 Å². The number of nitrogens with zero attached hydrogens (tertiary/aromatic N) is 3. The fourth-order valence-corrected chi connectivity index (χ4v) is 1.76. The molecule has 2 aromatic rings. The van der Waals surface area contributed by atoms with Gasteiger partial charge >= 0.3 is 6.09 Å². The summed E-state index contributed by atoms with van der Waals surface area (Å²) in [5.74, 6) is 4.84. The molecule has 2 rings (SSSR count). The molecule has 102 valence electrons. The zero-order chi connectivity index (χ0) is 14.5. The number of anilines is 1. The van der Waals surface area contributed by atoms with Gasteiger partial charge in [0.15, 0.2) is 0 Å². The summed E-state index contributed by atoms with van der Waals surface area (Å²) >= 11 is 0. The second kappa shape index (κ2) is 5.84. The van der Waals surface area contributed by atoms with E-state index in [1.165, 1.54) is 24.7 Å². The highest BCUT2D eigenvalue weighted by molar-refractivity contribution is 5.87. The summed E-state index contributed by atoms with van der Waals surface area (Å²) in [6.07, 6.45) is 3.98. The van der Waals surface area contributed by atoms with E-state index in [0.29, 0.717) is 11.3 Å². The van der Waals surface area contributed by atoms with Gasteiger partial charge in [0.2, 0.25) is 0 Å². The molecule has 0 aliphatic rings. The average molecular weight is 274 g/mol. The number of nitrogens with one attached hydrogen (secondary N) is 1. The smallest absolute Gasteiger partial charge is 0.413 e. The van der Waals surface area contributed by atoms with E-state index in [9.17, 15) is 14.3 Å². The molecule has 0 saturated carbocycles. The van der Waals surface area contributed by atoms with E-state index in [1.54, 1.807) is 6.92 Å². The lowest BCUT2D eigenvalue weighted by molar-refractivity contribution is 0.200. The number of hydrogen-bond donors (Lipinski definition) is 2. The van der Waals surface area contributed by atoms with Crippen molar-refractivity contribution in [3.05, 3.63) is 42.2 Å². The van der Waals surface area contributed by atoms with Crippen molar-refractivity contribution >= 4 is 11.8 Å². The maximum atomic E-state index is 13.3. The van der Waals surface area contributed by atoms with Gasteiger partial charge in [-0.2, -0.15) is 5.10 Å². The van der Waals surface area contributed by atoms with E-state index in [0.717, 1.165) is 11.1 Å². The van der Waals surface area contributed by atoms with Gasteiger partial charge in [-0.3, -0.25) is 15.0 Å². The summed E-state index contributed by atoms with van der Waals surface area (Å²) < 4.78 is 13.3. The van der Waals surface area contributed by atoms with Gasteiger partial charge in [0, 0.05) is 18.0 Å². The Morgan fingerprint density at radius 1 is 1.50 bits per heavy atom. The van der Waals surface area contributed by atoms with Gasteiger partial charge in [0.05, 0.1) is 18.1 Å². The van der Waals surface area contributed by atoms with Crippen molar-refractivity contribution in [2.75, 3.05) is 4.90 Å². The molecule has 0 aromatic carbocycles. The minimum atomic E-state index is -1.22. The van der Waals surface area contributed by atoms with E-state index >= 15 is 0 Å². The molecule has 7 heteroatoms. The number of H-pyrrole nitrogens is 1. The Morgan fingerprint density at radius 3 is 2.85 bits per heavy atom. The second-order valence-electron chi connectivity index (χ2n) is 3.84. The van der Waals surface area contributed by atoms with E-state index in [4.69, 9.17) is 0 Å². The Kier molecular flexibility index (Phi) is 3.96. The number of carboxylic acid groups (broad SMARTS) is 1. The molecule has 0 radical (unpaired) electrons. The summed E-state index contributed by atoms with van der Waals surface area (Å²) in [7, 11) is 0. The van der Waals surface area contributed by atoms with Crippen LogP contribution in [0.4, 0.5) is 14.9 Å². The predicted octanol–water partition coefficient (Wildman–Crippen LogP) is 2.19. The minimum Gasteiger partial charge on any atom is -0.465 e. The highest BCUT2D eigenvalue weighted by Crippen LogP contribution is 2.26. The quantitative estimate of drug-likeness (QED) is 0.840. The van der Waals surface area contributed by atoms with Gasteiger partial charge < -0.3 is 5.11 Å². The van der Waals surface area contributed by atoms with Crippen LogP contribution >= 0.6 is 0 Å². The number of amides is 1. The third kappa shape index (κ3) is 2.75. The Hall–Kier alpha value is -2.88. The number of pyridine rings is 1. The van der Waals surface area contributed by atoms with Crippen LogP contribution in [0.1, 0.15) is 18.5 Å². The Bertz CT molecular complexity index is 661. The van der Waals surface area contributed by atoms with Gasteiger partial charge in [-0.15, -0.1) is 5.92 Å². The largest absolute Gasteiger partial charge is 0.465 e. The first-order chi connectivity index (χ1) is 9.63. The van der Waals surface area contributed by atoms with E-state index in [1.807, 2.05) is 0 Å². The summed E-state index contributed by atoms with van der Waals surface area (Å²) in [4.78, 5) is 16.2. The lowest BCUT2D eigenvalue weighted by Gasteiger charge is -2.24. The molecule has 20 heavy (non-hydrogen) atoms. The molecule has 0 bridgehead atoms. The molecule has 2 N–H and O–H groups in total. The van der Waals surface area contributed by atoms with Crippen molar-refractivity contribution in [1.29, 1.82) is 0 Å². The number of hydrogen-bond acceptors (Lipinski definition) is 3. The van der Waals surface area contributed by atoms with Gasteiger partial charge in [-0.25, -0.2) is 9.18 Å². The highest BCUT2D eigenvalue weighted by Gasteiger charge is 2.26. The molecule has 1 amide bonds. The topological polar surface area (TPSA) is 82.1 Å². The molecule has 0 saturated heterocycles. The molecular formula is C13H11FN4O2. The van der Waals surface area contributed by atoms with Gasteiger partial charge in [-0.1, -0.05) is 5.92 Å². The van der Waals surface area contributed by atoms with E-state index in [2.05, 4.69) is 27.0 Å². The van der Waals surface area contributed by atoms with Crippen LogP contribution in [0, 0.1) is 17.7 Å². The molecule has 1 atom stereocenters. The lowest BCUT2D eigenvalue weighted by atomic mass is 10.1. The van der Waals surface area contributed by atoms with Gasteiger partial charge in [0.25, 0.3) is 0 Å². The third-order valence-corrected chi connectivity index (χ3v) is 2.55. The summed E-state index contributed by atoms with van der Waals surface area (Å²) in [5.41, 5.74) is 0.664. The Balaban J connectivity index is 2.50. The zero-order valence-corrected chi connectivity index (χ0v) is 10.5. The van der Waals surface area contributed by atoms with Crippen LogP contribution in [0.3, 0.4) is 0 Å². The monoisotopic (exact) mass is 274 g/mol. The Morgan fingerprint density at radius 2 is 2.30 bits per heavy atom. The van der Waals surface area contributed by atoms with Crippen LogP contribution in [-0.2, 0) is 0 Å². The van der Waals surface area contributed by atoms with Crippen molar-refractivity contribution in [3.63, 3.8) is 0 Å². The number of aromatic amines is 1. The first-order valence-electron chi connectivity index (χ1n) is 5.67. The van der Waals surface area contributed by atoms with Gasteiger partial charge in [-0.05, 0) is 13.0 Å². The van der Waals surface area contributed by atoms with Crippen LogP contribution < -0.4 is 4.90 Å². The van der Waals surface area contributed by atoms with Crippen LogP contribution in [0.25, 0.3) is 0 Å². The van der Waals surface area contributed by atoms with Crippen molar-refractivity contribution in [2.45, 2.75) is 13.0 Å². The average Bonchev–Trinajstić information content (AvgIpc) is 2.91. The molecule has 2 aromatic heterocycles. The predicted molar refractivity (Wildman–Crippen MR) is 69.5 cm³/mol. The summed E-state index contributed by atoms with van der Waals surface area (Å²) in [6.45, 7) is 1.58. The van der Waals surface area contributed by atoms with E-state index < -0.39 is 18.0 Å². The molecule has 0 aliphatic carbocycles. The van der Waals surface area contributed by atoms with Crippen LogP contribution in [0.5, 0.6) is 0 Å². The van der Waals surface area contributed by atoms with Crippen molar-refractivity contribution in [2.24, 2.45) is 0 Å². The van der Waals surface area contributed by atoms with Crippen LogP contribution in [0.2, 0.25) is 0 Å². The van der Waals surface area contributed by atoms with Crippen molar-refractivity contribution in [3.8, 4) is 11.8 Å². The normalized spacial score (nSPS) is 11.3. The van der Waals surface area contributed by atoms with Crippen LogP contribution in [-0.4, -0.2) is 26.4 Å². The first-order valence-corrected chi connectivity index (χ1v) is 5.67. The fourth-order valence-electron chi connectivity index (χ4n) is 1.76. The minimum absolute atomic E-state index is 0.314. The number of carbonyl (C=O) groups is 1. The fraction of sp³-hybridized carbons (Fsp3) is 0.154. The number of rotatable bonds is 3. The van der Waals surface area contributed by atoms with Crippen molar-refractivity contribution < 1.29 is 14.3 Å². The summed E-state index contributed by atoms with van der Waals surface area (Å²) in [6, 6.07) is 0.344. The van der Waals surface area contributed by atoms with Gasteiger partial charge in [0.1, 0.15) is 11.9 Å². The lowest BCUT2D eigenvalue weighted by Crippen LogP contribution is -2.33. The number of aromatic nitrogens is 3. The second-order valence-corrected chi connectivity index (χ2v) is 3.84. The van der Waals surface area contributed by atoms with Crippen LogP contribution in [0.15, 0.2) is 30.9 Å². The number of halogens is 1. The molecule has 2 heterocycles. The molecule has 0 fully saturated rings. The van der Waals surface area contributed by atoms with Crippen molar-refractivity contribution in [1.82, 2.24) is 15.2 Å². The maximum absolute atomic E-state index is 13.3. The molecule has 1 unspecified atom stereocenters. The molecule has 0 spiro atoms. The highest BCUT2D eigenvalue weighted by atomic mass is 19.1. The zero-order valence-electron chi connectivity index (χ0n) is 10.5.